The van der Waals surface area contributed by atoms with Crippen LogP contribution in [0.4, 0.5) is 5.69 Å². The van der Waals surface area contributed by atoms with Crippen LogP contribution in [-0.4, -0.2) is 4.98 Å². The molecule has 2 rings (SSSR count). The van der Waals surface area contributed by atoms with Gasteiger partial charge in [0.25, 0.3) is 5.56 Å². The summed E-state index contributed by atoms with van der Waals surface area (Å²) in [6.45, 7) is 0. The maximum absolute atomic E-state index is 11.3. The van der Waals surface area contributed by atoms with Crippen LogP contribution in [0.25, 0.3) is 11.1 Å². The van der Waals surface area contributed by atoms with Crippen LogP contribution < -0.4 is 11.3 Å². The molecule has 15 heavy (non-hydrogen) atoms. The molecule has 0 aliphatic carbocycles. The van der Waals surface area contributed by atoms with Crippen molar-refractivity contribution in [1.29, 1.82) is 0 Å². The number of hydrogen-bond acceptors (Lipinski definition) is 2. The molecule has 4 heteroatoms. The predicted octanol–water partition coefficient (Wildman–Crippen LogP) is 2.39. The quantitative estimate of drug-likeness (QED) is 0.831. The summed E-state index contributed by atoms with van der Waals surface area (Å²) in [4.78, 5) is 13.9. The highest BCUT2D eigenvalue weighted by molar-refractivity contribution is 9.10. The molecule has 1 aromatic carbocycles. The van der Waals surface area contributed by atoms with E-state index in [4.69, 9.17) is 5.73 Å². The number of rotatable bonds is 1. The van der Waals surface area contributed by atoms with Crippen LogP contribution in [0.5, 0.6) is 0 Å². The van der Waals surface area contributed by atoms with Gasteiger partial charge in [-0.05, 0) is 17.7 Å². The van der Waals surface area contributed by atoms with Crippen molar-refractivity contribution in [3.63, 3.8) is 0 Å². The second kappa shape index (κ2) is 3.90. The number of aromatic nitrogens is 1. The van der Waals surface area contributed by atoms with Crippen molar-refractivity contribution >= 4 is 21.6 Å². The van der Waals surface area contributed by atoms with E-state index in [2.05, 4.69) is 20.9 Å². The molecular formula is C11H9BrN2O. The number of nitrogens with one attached hydrogen (secondary N) is 1. The van der Waals surface area contributed by atoms with Crippen LogP contribution >= 0.6 is 15.9 Å². The van der Waals surface area contributed by atoms with Crippen molar-refractivity contribution in [3.05, 3.63) is 51.4 Å². The summed E-state index contributed by atoms with van der Waals surface area (Å²) >= 11 is 3.42. The Bertz CT molecular complexity index is 548. The molecule has 3 N–H and O–H groups in total. The molecule has 0 atom stereocenters. The number of benzene rings is 1. The lowest BCUT2D eigenvalue weighted by atomic mass is 10.1. The van der Waals surface area contributed by atoms with Gasteiger partial charge in [-0.25, -0.2) is 0 Å². The lowest BCUT2D eigenvalue weighted by molar-refractivity contribution is 1.24. The second-order valence-electron chi connectivity index (χ2n) is 3.11. The Kier molecular flexibility index (Phi) is 2.60. The van der Waals surface area contributed by atoms with E-state index in [9.17, 15) is 4.79 Å². The van der Waals surface area contributed by atoms with Gasteiger partial charge in [0.2, 0.25) is 0 Å². The fourth-order valence-corrected chi connectivity index (χ4v) is 1.90. The minimum Gasteiger partial charge on any atom is -0.394 e. The summed E-state index contributed by atoms with van der Waals surface area (Å²) in [6.07, 6.45) is 1.59. The summed E-state index contributed by atoms with van der Waals surface area (Å²) in [5, 5.41) is 0. The summed E-state index contributed by atoms with van der Waals surface area (Å²) in [5.74, 6) is 0. The van der Waals surface area contributed by atoms with E-state index >= 15 is 0 Å². The second-order valence-corrected chi connectivity index (χ2v) is 3.97. The number of pyridine rings is 1. The van der Waals surface area contributed by atoms with Crippen molar-refractivity contribution in [3.8, 4) is 11.1 Å². The highest BCUT2D eigenvalue weighted by Crippen LogP contribution is 2.29. The number of nitrogen functional groups attached to an aromatic ring is 1. The molecule has 0 aliphatic rings. The zero-order chi connectivity index (χ0) is 10.8. The molecule has 0 amide bonds. The minimum atomic E-state index is -0.261. The zero-order valence-electron chi connectivity index (χ0n) is 7.83. The molecule has 76 valence electrons. The van der Waals surface area contributed by atoms with Crippen molar-refractivity contribution in [2.45, 2.75) is 0 Å². The highest BCUT2D eigenvalue weighted by Gasteiger charge is 2.07. The van der Waals surface area contributed by atoms with Gasteiger partial charge in [0.05, 0.1) is 0 Å². The minimum absolute atomic E-state index is 0.240. The van der Waals surface area contributed by atoms with E-state index < -0.39 is 0 Å². The summed E-state index contributed by atoms with van der Waals surface area (Å²) in [7, 11) is 0. The van der Waals surface area contributed by atoms with Crippen molar-refractivity contribution < 1.29 is 0 Å². The molecule has 1 heterocycles. The first kappa shape index (κ1) is 9.98. The standard InChI is InChI=1S/C11H9BrN2O/c12-9-4-2-1-3-7(9)8-5-6-14-11(15)10(8)13/h1-6H,13H2,(H,14,15). The fourth-order valence-electron chi connectivity index (χ4n) is 1.41. The van der Waals surface area contributed by atoms with Crippen molar-refractivity contribution in [1.82, 2.24) is 4.98 Å². The molecule has 0 saturated carbocycles. The Hall–Kier alpha value is -1.55. The van der Waals surface area contributed by atoms with Gasteiger partial charge in [0.15, 0.2) is 0 Å². The van der Waals surface area contributed by atoms with E-state index in [1.165, 1.54) is 0 Å². The van der Waals surface area contributed by atoms with E-state index in [0.717, 1.165) is 15.6 Å². The smallest absolute Gasteiger partial charge is 0.271 e. The van der Waals surface area contributed by atoms with E-state index in [-0.39, 0.29) is 11.2 Å². The molecule has 2 aromatic rings. The Labute approximate surface area is 95.1 Å². The zero-order valence-corrected chi connectivity index (χ0v) is 9.41. The summed E-state index contributed by atoms with van der Waals surface area (Å²) < 4.78 is 0.919. The Morgan fingerprint density at radius 3 is 2.60 bits per heavy atom. The number of nitrogens with two attached hydrogens (primary N) is 1. The number of anilines is 1. The van der Waals surface area contributed by atoms with E-state index in [1.807, 2.05) is 24.3 Å². The molecule has 0 unspecified atom stereocenters. The van der Waals surface area contributed by atoms with Crippen LogP contribution in [0.1, 0.15) is 0 Å². The maximum Gasteiger partial charge on any atom is 0.271 e. The molecule has 1 aromatic heterocycles. The van der Waals surface area contributed by atoms with E-state index in [1.54, 1.807) is 12.3 Å². The van der Waals surface area contributed by atoms with Gasteiger partial charge in [-0.3, -0.25) is 4.79 Å². The van der Waals surface area contributed by atoms with Crippen molar-refractivity contribution in [2.24, 2.45) is 0 Å². The SMILES string of the molecule is Nc1c(-c2ccccc2Br)cc[nH]c1=O. The molecule has 0 radical (unpaired) electrons. The molecule has 3 nitrogen and oxygen atoms in total. The molecule has 0 spiro atoms. The third-order valence-electron chi connectivity index (χ3n) is 2.16. The van der Waals surface area contributed by atoms with Gasteiger partial charge in [-0.2, -0.15) is 0 Å². The van der Waals surface area contributed by atoms with E-state index in [0.29, 0.717) is 0 Å². The highest BCUT2D eigenvalue weighted by atomic mass is 79.9. The normalized spacial score (nSPS) is 10.2. The van der Waals surface area contributed by atoms with Gasteiger partial charge >= 0.3 is 0 Å². The third kappa shape index (κ3) is 1.80. The monoisotopic (exact) mass is 264 g/mol. The molecular weight excluding hydrogens is 256 g/mol. The van der Waals surface area contributed by atoms with Gasteiger partial charge < -0.3 is 10.7 Å². The van der Waals surface area contributed by atoms with Crippen LogP contribution in [0.2, 0.25) is 0 Å². The predicted molar refractivity (Wildman–Crippen MR) is 64.6 cm³/mol. The lowest BCUT2D eigenvalue weighted by Crippen LogP contribution is -2.11. The molecule has 0 aliphatic heterocycles. The largest absolute Gasteiger partial charge is 0.394 e. The number of aromatic amines is 1. The lowest BCUT2D eigenvalue weighted by Gasteiger charge is -2.06. The van der Waals surface area contributed by atoms with Crippen LogP contribution in [0, 0.1) is 0 Å². The average molecular weight is 265 g/mol. The Morgan fingerprint density at radius 1 is 1.13 bits per heavy atom. The van der Waals surface area contributed by atoms with Gasteiger partial charge in [0, 0.05) is 16.2 Å². The van der Waals surface area contributed by atoms with Crippen LogP contribution in [0.3, 0.4) is 0 Å². The van der Waals surface area contributed by atoms with Crippen LogP contribution in [0.15, 0.2) is 45.8 Å². The average Bonchev–Trinajstić information content (AvgIpc) is 2.23. The topological polar surface area (TPSA) is 58.9 Å². The van der Waals surface area contributed by atoms with Crippen molar-refractivity contribution in [2.75, 3.05) is 5.73 Å². The molecule has 0 bridgehead atoms. The molecule has 0 fully saturated rings. The first-order valence-corrected chi connectivity index (χ1v) is 5.21. The number of H-pyrrole nitrogens is 1. The maximum atomic E-state index is 11.3. The number of hydrogen-bond donors (Lipinski definition) is 2. The Morgan fingerprint density at radius 2 is 1.87 bits per heavy atom. The Balaban J connectivity index is 2.70. The summed E-state index contributed by atoms with van der Waals surface area (Å²) in [6, 6.07) is 9.43. The van der Waals surface area contributed by atoms with Gasteiger partial charge in [0.1, 0.15) is 5.69 Å². The first-order chi connectivity index (χ1) is 7.20. The summed E-state index contributed by atoms with van der Waals surface area (Å²) in [5.41, 5.74) is 7.36. The van der Waals surface area contributed by atoms with Gasteiger partial charge in [-0.15, -0.1) is 0 Å². The molecule has 0 saturated heterocycles. The fraction of sp³-hybridized carbons (Fsp3) is 0. The van der Waals surface area contributed by atoms with Crippen LogP contribution in [-0.2, 0) is 0 Å². The first-order valence-electron chi connectivity index (χ1n) is 4.42. The van der Waals surface area contributed by atoms with Gasteiger partial charge in [-0.1, -0.05) is 34.1 Å². The third-order valence-corrected chi connectivity index (χ3v) is 2.85. The number of halogens is 1.